The Morgan fingerprint density at radius 2 is 2.06 bits per heavy atom. The predicted octanol–water partition coefficient (Wildman–Crippen LogP) is 0.556. The lowest BCUT2D eigenvalue weighted by Gasteiger charge is -2.06. The van der Waals surface area contributed by atoms with E-state index in [1.54, 1.807) is 28.8 Å². The van der Waals surface area contributed by atoms with Crippen molar-refractivity contribution in [2.75, 3.05) is 27.7 Å². The minimum Gasteiger partial charge on any atom is -0.464 e. The van der Waals surface area contributed by atoms with Crippen molar-refractivity contribution in [1.29, 1.82) is 0 Å². The Balaban J connectivity index is 2.92. The number of esters is 1. The van der Waals surface area contributed by atoms with Gasteiger partial charge < -0.3 is 14.2 Å². The van der Waals surface area contributed by atoms with Crippen LogP contribution in [0, 0.1) is 0 Å². The minimum absolute atomic E-state index is 0.0178. The smallest absolute Gasteiger partial charge is 0.354 e. The molecule has 5 heteroatoms. The number of Topliss-reactive ketones (excluding diaryl/α,β-unsaturated/α-hetero) is 1. The van der Waals surface area contributed by atoms with E-state index in [1.165, 1.54) is 7.11 Å². The summed E-state index contributed by atoms with van der Waals surface area (Å²) in [6, 6.07) is 1.55. The predicted molar refractivity (Wildman–Crippen MR) is 59.6 cm³/mol. The summed E-state index contributed by atoms with van der Waals surface area (Å²) in [5.41, 5.74) is 0.904. The van der Waals surface area contributed by atoms with Crippen molar-refractivity contribution in [3.05, 3.63) is 23.5 Å². The Bertz CT molecular complexity index is 407. The first-order valence-electron chi connectivity index (χ1n) is 4.88. The number of carbonyl (C=O) groups is 2. The van der Waals surface area contributed by atoms with Crippen molar-refractivity contribution >= 4 is 11.8 Å². The van der Waals surface area contributed by atoms with Gasteiger partial charge in [0.25, 0.3) is 0 Å². The summed E-state index contributed by atoms with van der Waals surface area (Å²) < 4.78 is 6.20. The number of hydrogen-bond acceptors (Lipinski definition) is 4. The largest absolute Gasteiger partial charge is 0.464 e. The van der Waals surface area contributed by atoms with Crippen LogP contribution in [0.5, 0.6) is 0 Å². The molecule has 1 rings (SSSR count). The molecule has 0 aliphatic carbocycles. The highest BCUT2D eigenvalue weighted by Gasteiger charge is 2.16. The van der Waals surface area contributed by atoms with Crippen LogP contribution in [-0.4, -0.2) is 49.0 Å². The molecule has 1 aromatic rings. The van der Waals surface area contributed by atoms with Crippen molar-refractivity contribution in [1.82, 2.24) is 9.47 Å². The van der Waals surface area contributed by atoms with Crippen LogP contribution >= 0.6 is 0 Å². The van der Waals surface area contributed by atoms with Gasteiger partial charge in [0.2, 0.25) is 0 Å². The number of ether oxygens (including phenoxy) is 1. The molecule has 0 fully saturated rings. The third-order valence-corrected chi connectivity index (χ3v) is 2.18. The molecule has 0 saturated heterocycles. The van der Waals surface area contributed by atoms with Crippen LogP contribution in [0.15, 0.2) is 12.3 Å². The molecule has 0 bridgehead atoms. The van der Waals surface area contributed by atoms with E-state index in [0.29, 0.717) is 17.8 Å². The van der Waals surface area contributed by atoms with Crippen molar-refractivity contribution < 1.29 is 14.3 Å². The molecule has 1 aromatic heterocycles. The van der Waals surface area contributed by atoms with Crippen molar-refractivity contribution in [2.45, 2.75) is 0 Å². The normalized spacial score (nSPS) is 10.6. The summed E-state index contributed by atoms with van der Waals surface area (Å²) in [7, 11) is 6.67. The van der Waals surface area contributed by atoms with Crippen LogP contribution in [-0.2, 0) is 11.8 Å². The lowest BCUT2D eigenvalue weighted by Crippen LogP contribution is -2.21. The Morgan fingerprint density at radius 1 is 1.44 bits per heavy atom. The van der Waals surface area contributed by atoms with Crippen LogP contribution in [0.25, 0.3) is 0 Å². The fourth-order valence-electron chi connectivity index (χ4n) is 1.40. The highest BCUT2D eigenvalue weighted by molar-refractivity contribution is 6.00. The molecule has 0 unspecified atom stereocenters. The Morgan fingerprint density at radius 3 is 2.56 bits per heavy atom. The van der Waals surface area contributed by atoms with Crippen LogP contribution < -0.4 is 0 Å². The minimum atomic E-state index is -0.439. The average molecular weight is 224 g/mol. The number of aryl methyl sites for hydroxylation is 1. The van der Waals surface area contributed by atoms with E-state index in [1.807, 2.05) is 14.1 Å². The van der Waals surface area contributed by atoms with Gasteiger partial charge in [-0.15, -0.1) is 0 Å². The van der Waals surface area contributed by atoms with Crippen molar-refractivity contribution in [2.24, 2.45) is 7.05 Å². The standard InChI is InChI=1S/C11H16N2O3/c1-12(2)7-10(14)8-5-9(11(15)16-4)13(3)6-8/h5-6H,7H2,1-4H3. The van der Waals surface area contributed by atoms with Gasteiger partial charge in [0.05, 0.1) is 13.7 Å². The first-order valence-corrected chi connectivity index (χ1v) is 4.88. The maximum atomic E-state index is 11.7. The van der Waals surface area contributed by atoms with E-state index < -0.39 is 5.97 Å². The molecule has 0 radical (unpaired) electrons. The molecule has 0 N–H and O–H groups in total. The molecule has 0 atom stereocenters. The zero-order chi connectivity index (χ0) is 12.3. The van der Waals surface area contributed by atoms with Crippen LogP contribution in [0.2, 0.25) is 0 Å². The van der Waals surface area contributed by atoms with Gasteiger partial charge in [-0.1, -0.05) is 0 Å². The Labute approximate surface area is 94.6 Å². The molecule has 0 aromatic carbocycles. The summed E-state index contributed by atoms with van der Waals surface area (Å²) >= 11 is 0. The lowest BCUT2D eigenvalue weighted by molar-refractivity contribution is 0.0590. The molecule has 16 heavy (non-hydrogen) atoms. The molecule has 5 nitrogen and oxygen atoms in total. The second-order valence-corrected chi connectivity index (χ2v) is 3.88. The van der Waals surface area contributed by atoms with Gasteiger partial charge in [-0.25, -0.2) is 4.79 Å². The van der Waals surface area contributed by atoms with E-state index in [0.717, 1.165) is 0 Å². The molecular formula is C11H16N2O3. The molecule has 0 aliphatic heterocycles. The second kappa shape index (κ2) is 4.94. The summed E-state index contributed by atoms with van der Waals surface area (Å²) in [5, 5.41) is 0. The maximum absolute atomic E-state index is 11.7. The first kappa shape index (κ1) is 12.4. The molecule has 0 saturated carbocycles. The number of rotatable bonds is 4. The van der Waals surface area contributed by atoms with Crippen molar-refractivity contribution in [3.8, 4) is 0 Å². The number of hydrogen-bond donors (Lipinski definition) is 0. The van der Waals surface area contributed by atoms with Gasteiger partial charge in [0.15, 0.2) is 5.78 Å². The maximum Gasteiger partial charge on any atom is 0.354 e. The topological polar surface area (TPSA) is 51.5 Å². The highest BCUT2D eigenvalue weighted by atomic mass is 16.5. The van der Waals surface area contributed by atoms with Crippen molar-refractivity contribution in [3.63, 3.8) is 0 Å². The molecule has 0 aliphatic rings. The molecular weight excluding hydrogens is 208 g/mol. The SMILES string of the molecule is COC(=O)c1cc(C(=O)CN(C)C)cn1C. The fourth-order valence-corrected chi connectivity index (χ4v) is 1.40. The lowest BCUT2D eigenvalue weighted by atomic mass is 10.2. The van der Waals surface area contributed by atoms with E-state index >= 15 is 0 Å². The van der Waals surface area contributed by atoms with E-state index in [2.05, 4.69) is 4.74 Å². The van der Waals surface area contributed by atoms with Crippen LogP contribution in [0.4, 0.5) is 0 Å². The number of ketones is 1. The van der Waals surface area contributed by atoms with Crippen LogP contribution in [0.3, 0.4) is 0 Å². The Hall–Kier alpha value is -1.62. The quantitative estimate of drug-likeness (QED) is 0.554. The van der Waals surface area contributed by atoms with E-state index in [-0.39, 0.29) is 5.78 Å². The molecule has 1 heterocycles. The molecule has 88 valence electrons. The zero-order valence-corrected chi connectivity index (χ0v) is 9.98. The van der Waals surface area contributed by atoms with Crippen LogP contribution in [0.1, 0.15) is 20.8 Å². The third kappa shape index (κ3) is 2.70. The van der Waals surface area contributed by atoms with Gasteiger partial charge in [-0.05, 0) is 20.2 Å². The summed E-state index contributed by atoms with van der Waals surface area (Å²) in [5.74, 6) is -0.456. The van der Waals surface area contributed by atoms with E-state index in [4.69, 9.17) is 0 Å². The van der Waals surface area contributed by atoms with E-state index in [9.17, 15) is 9.59 Å². The molecule has 0 amide bonds. The number of aromatic nitrogens is 1. The van der Waals surface area contributed by atoms with Gasteiger partial charge in [-0.2, -0.15) is 0 Å². The number of likely N-dealkylation sites (N-methyl/N-ethyl adjacent to an activating group) is 1. The summed E-state index contributed by atoms with van der Waals surface area (Å²) in [6.45, 7) is 0.324. The zero-order valence-electron chi connectivity index (χ0n) is 9.98. The number of methoxy groups -OCH3 is 1. The number of nitrogens with zero attached hydrogens (tertiary/aromatic N) is 2. The third-order valence-electron chi connectivity index (χ3n) is 2.18. The average Bonchev–Trinajstić information content (AvgIpc) is 2.58. The highest BCUT2D eigenvalue weighted by Crippen LogP contribution is 2.09. The molecule has 0 spiro atoms. The van der Waals surface area contributed by atoms with Gasteiger partial charge >= 0.3 is 5.97 Å². The van der Waals surface area contributed by atoms with Gasteiger partial charge in [0, 0.05) is 18.8 Å². The summed E-state index contributed by atoms with van der Waals surface area (Å²) in [6.07, 6.45) is 1.64. The van der Waals surface area contributed by atoms with Gasteiger partial charge in [0.1, 0.15) is 5.69 Å². The fraction of sp³-hybridized carbons (Fsp3) is 0.455. The van der Waals surface area contributed by atoms with Gasteiger partial charge in [-0.3, -0.25) is 4.79 Å². The Kier molecular flexibility index (Phi) is 3.84. The second-order valence-electron chi connectivity index (χ2n) is 3.88. The first-order chi connectivity index (χ1) is 7.45. The number of carbonyl (C=O) groups excluding carboxylic acids is 2. The monoisotopic (exact) mass is 224 g/mol. The summed E-state index contributed by atoms with van der Waals surface area (Å²) in [4.78, 5) is 24.8.